The van der Waals surface area contributed by atoms with Crippen molar-refractivity contribution < 1.29 is 19.1 Å². The molecule has 0 radical (unpaired) electrons. The highest BCUT2D eigenvalue weighted by atomic mass is 32.2. The fourth-order valence-corrected chi connectivity index (χ4v) is 6.34. The predicted molar refractivity (Wildman–Crippen MR) is 139 cm³/mol. The van der Waals surface area contributed by atoms with Crippen molar-refractivity contribution in [3.63, 3.8) is 0 Å². The van der Waals surface area contributed by atoms with E-state index in [-0.39, 0.29) is 29.3 Å². The van der Waals surface area contributed by atoms with Crippen LogP contribution in [0.4, 0.5) is 0 Å². The van der Waals surface area contributed by atoms with Crippen molar-refractivity contribution in [2.24, 2.45) is 11.8 Å². The third kappa shape index (κ3) is 7.29. The molecule has 1 aliphatic heterocycles. The number of carbonyl (C=O) groups is 2. The number of carbonyl (C=O) groups excluding carboxylic acids is 2. The monoisotopic (exact) mass is 514 g/mol. The largest absolute Gasteiger partial charge is 0.425 e. The molecule has 6 nitrogen and oxygen atoms in total. The molecule has 1 aromatic rings. The van der Waals surface area contributed by atoms with Gasteiger partial charge in [0.15, 0.2) is 0 Å². The second-order valence-corrected chi connectivity index (χ2v) is 10.9. The van der Waals surface area contributed by atoms with E-state index < -0.39 is 0 Å². The standard InChI is InChI=1S/C27H34N2O4S2/c1-6-10-12-18(8-3)25(30)32-21-14-17(5)22(33-26(31)19(9-4)13-11-7-2)24-23(21)34-27(35-24)20(15-28)16-29/h14,18-19H,6-13H2,1-5H3. The SMILES string of the molecule is CCCCC(CC)C(=O)Oc1cc(C)c(OC(=O)C(CC)CCCC)c2c1SC(=C(C#N)C#N)S2. The summed E-state index contributed by atoms with van der Waals surface area (Å²) in [5.74, 6) is -0.199. The molecule has 2 unspecified atom stereocenters. The molecule has 8 heteroatoms. The van der Waals surface area contributed by atoms with Gasteiger partial charge in [0.05, 0.1) is 25.9 Å². The summed E-state index contributed by atoms with van der Waals surface area (Å²) < 4.78 is 12.3. The molecule has 0 amide bonds. The average molecular weight is 515 g/mol. The van der Waals surface area contributed by atoms with Crippen LogP contribution in [-0.2, 0) is 9.59 Å². The third-order valence-electron chi connectivity index (χ3n) is 6.04. The van der Waals surface area contributed by atoms with Crippen LogP contribution < -0.4 is 9.47 Å². The smallest absolute Gasteiger partial charge is 0.314 e. The van der Waals surface area contributed by atoms with Crippen molar-refractivity contribution in [3.05, 3.63) is 21.4 Å². The van der Waals surface area contributed by atoms with Gasteiger partial charge in [-0.25, -0.2) is 0 Å². The zero-order valence-electron chi connectivity index (χ0n) is 21.2. The molecule has 1 heterocycles. The van der Waals surface area contributed by atoms with Gasteiger partial charge in [0, 0.05) is 0 Å². The number of hydrogen-bond donors (Lipinski definition) is 0. The summed E-state index contributed by atoms with van der Waals surface area (Å²) in [4.78, 5) is 27.1. The minimum atomic E-state index is -0.290. The van der Waals surface area contributed by atoms with Gasteiger partial charge < -0.3 is 9.47 Å². The Bertz CT molecular complexity index is 1040. The molecule has 0 spiro atoms. The molecule has 2 atom stereocenters. The normalized spacial score (nSPS) is 13.9. The first kappa shape index (κ1) is 28.8. The molecule has 0 aliphatic carbocycles. The maximum Gasteiger partial charge on any atom is 0.314 e. The molecule has 35 heavy (non-hydrogen) atoms. The van der Waals surface area contributed by atoms with E-state index in [0.717, 1.165) is 38.5 Å². The fraction of sp³-hybridized carbons (Fsp3) is 0.556. The zero-order valence-corrected chi connectivity index (χ0v) is 22.9. The van der Waals surface area contributed by atoms with Crippen LogP contribution in [0.2, 0.25) is 0 Å². The van der Waals surface area contributed by atoms with E-state index in [1.807, 2.05) is 32.9 Å². The van der Waals surface area contributed by atoms with Crippen molar-refractivity contribution in [2.75, 3.05) is 0 Å². The molecule has 0 aromatic heterocycles. The van der Waals surface area contributed by atoms with Crippen LogP contribution in [0.1, 0.15) is 84.6 Å². The highest BCUT2D eigenvalue weighted by Gasteiger charge is 2.33. The Hall–Kier alpha value is -2.42. The minimum Gasteiger partial charge on any atom is -0.425 e. The van der Waals surface area contributed by atoms with Crippen LogP contribution in [0.25, 0.3) is 0 Å². The molecule has 1 aliphatic rings. The Morgan fingerprint density at radius 1 is 0.886 bits per heavy atom. The van der Waals surface area contributed by atoms with Crippen molar-refractivity contribution in [2.45, 2.75) is 95.8 Å². The van der Waals surface area contributed by atoms with Crippen LogP contribution in [-0.4, -0.2) is 11.9 Å². The Balaban J connectivity index is 2.47. The van der Waals surface area contributed by atoms with Crippen molar-refractivity contribution in [1.29, 1.82) is 10.5 Å². The Morgan fingerprint density at radius 3 is 1.89 bits per heavy atom. The van der Waals surface area contributed by atoms with Gasteiger partial charge in [-0.05, 0) is 44.2 Å². The molecule has 0 bridgehead atoms. The lowest BCUT2D eigenvalue weighted by Crippen LogP contribution is -2.21. The summed E-state index contributed by atoms with van der Waals surface area (Å²) in [7, 11) is 0. The molecule has 0 saturated carbocycles. The number of thioether (sulfide) groups is 2. The number of ether oxygens (including phenoxy) is 2. The lowest BCUT2D eigenvalue weighted by atomic mass is 9.99. The number of esters is 2. The van der Waals surface area contributed by atoms with Gasteiger partial charge >= 0.3 is 11.9 Å². The maximum atomic E-state index is 13.0. The molecule has 188 valence electrons. The molecular formula is C27H34N2O4S2. The Morgan fingerprint density at radius 2 is 1.40 bits per heavy atom. The molecule has 2 rings (SSSR count). The predicted octanol–water partition coefficient (Wildman–Crippen LogP) is 7.70. The first-order valence-corrected chi connectivity index (χ1v) is 14.0. The van der Waals surface area contributed by atoms with Gasteiger partial charge in [0.2, 0.25) is 0 Å². The van der Waals surface area contributed by atoms with Crippen molar-refractivity contribution >= 4 is 35.5 Å². The van der Waals surface area contributed by atoms with Crippen LogP contribution in [0, 0.1) is 41.4 Å². The second-order valence-electron chi connectivity index (χ2n) is 8.61. The van der Waals surface area contributed by atoms with Gasteiger partial charge in [-0.2, -0.15) is 10.5 Å². The number of rotatable bonds is 12. The number of hydrogen-bond acceptors (Lipinski definition) is 8. The highest BCUT2D eigenvalue weighted by molar-refractivity contribution is 8.24. The van der Waals surface area contributed by atoms with Crippen molar-refractivity contribution in [3.8, 4) is 23.6 Å². The van der Waals surface area contributed by atoms with Crippen LogP contribution in [0.15, 0.2) is 25.7 Å². The third-order valence-corrected chi connectivity index (χ3v) is 8.65. The number of aryl methyl sites for hydroxylation is 1. The van der Waals surface area contributed by atoms with Crippen molar-refractivity contribution in [1.82, 2.24) is 0 Å². The topological polar surface area (TPSA) is 100 Å². The number of allylic oxidation sites excluding steroid dienone is 1. The highest BCUT2D eigenvalue weighted by Crippen LogP contribution is 2.59. The quantitative estimate of drug-likeness (QED) is 0.159. The molecule has 0 N–H and O–H groups in total. The number of nitriles is 2. The van der Waals surface area contributed by atoms with E-state index in [1.165, 1.54) is 23.5 Å². The van der Waals surface area contributed by atoms with E-state index >= 15 is 0 Å². The van der Waals surface area contributed by atoms with E-state index in [0.29, 0.717) is 43.9 Å². The summed E-state index contributed by atoms with van der Waals surface area (Å²) in [5.41, 5.74) is 0.642. The number of benzene rings is 1. The second kappa shape index (κ2) is 14.2. The lowest BCUT2D eigenvalue weighted by molar-refractivity contribution is -0.140. The van der Waals surface area contributed by atoms with E-state index in [4.69, 9.17) is 9.47 Å². The summed E-state index contributed by atoms with van der Waals surface area (Å²) >= 11 is 2.42. The fourth-order valence-electron chi connectivity index (χ4n) is 3.79. The summed E-state index contributed by atoms with van der Waals surface area (Å²) in [5, 5.41) is 18.8. The molecule has 0 saturated heterocycles. The number of nitrogens with zero attached hydrogens (tertiary/aromatic N) is 2. The van der Waals surface area contributed by atoms with Gasteiger partial charge in [-0.15, -0.1) is 0 Å². The van der Waals surface area contributed by atoms with Gasteiger partial charge in [0.1, 0.15) is 29.2 Å². The Kier molecular flexibility index (Phi) is 11.7. The van der Waals surface area contributed by atoms with Crippen LogP contribution in [0.3, 0.4) is 0 Å². The maximum absolute atomic E-state index is 13.0. The molecule has 1 aromatic carbocycles. The zero-order chi connectivity index (χ0) is 26.0. The molecular weight excluding hydrogens is 480 g/mol. The lowest BCUT2D eigenvalue weighted by Gasteiger charge is -2.19. The van der Waals surface area contributed by atoms with Gasteiger partial charge in [-0.1, -0.05) is 76.9 Å². The number of fused-ring (bicyclic) bond motifs is 1. The van der Waals surface area contributed by atoms with Crippen LogP contribution in [0.5, 0.6) is 11.5 Å². The van der Waals surface area contributed by atoms with E-state index in [2.05, 4.69) is 13.8 Å². The Labute approximate surface area is 217 Å². The first-order valence-electron chi connectivity index (χ1n) is 12.4. The summed E-state index contributed by atoms with van der Waals surface area (Å²) in [6, 6.07) is 5.57. The van der Waals surface area contributed by atoms with Crippen LogP contribution >= 0.6 is 23.5 Å². The van der Waals surface area contributed by atoms with Gasteiger partial charge in [0.25, 0.3) is 0 Å². The minimum absolute atomic E-state index is 0.0211. The summed E-state index contributed by atoms with van der Waals surface area (Å²) in [6.07, 6.45) is 6.79. The molecule has 0 fully saturated rings. The average Bonchev–Trinajstić information content (AvgIpc) is 3.28. The first-order chi connectivity index (χ1) is 16.8. The van der Waals surface area contributed by atoms with E-state index in [1.54, 1.807) is 6.07 Å². The summed E-state index contributed by atoms with van der Waals surface area (Å²) in [6.45, 7) is 9.93. The number of unbranched alkanes of at least 4 members (excludes halogenated alkanes) is 2. The van der Waals surface area contributed by atoms with E-state index in [9.17, 15) is 20.1 Å². The van der Waals surface area contributed by atoms with Gasteiger partial charge in [-0.3, -0.25) is 9.59 Å².